The molecule has 0 saturated heterocycles. The highest BCUT2D eigenvalue weighted by Crippen LogP contribution is 2.40. The molecule has 0 aliphatic heterocycles. The molecule has 5 heteroatoms. The molecule has 0 amide bonds. The van der Waals surface area contributed by atoms with Crippen molar-refractivity contribution in [1.82, 2.24) is 0 Å². The maximum absolute atomic E-state index is 10.8. The van der Waals surface area contributed by atoms with Gasteiger partial charge in [-0.2, -0.15) is 0 Å². The number of carbonyl (C=O) groups is 1. The number of ether oxygens (including phenoxy) is 1. The van der Waals surface area contributed by atoms with E-state index in [-0.39, 0.29) is 23.7 Å². The van der Waals surface area contributed by atoms with Gasteiger partial charge in [0.1, 0.15) is 6.04 Å². The van der Waals surface area contributed by atoms with E-state index in [1.54, 1.807) is 12.1 Å². The molecule has 1 aliphatic carbocycles. The Hall–Kier alpha value is -1.75. The Kier molecular flexibility index (Phi) is 4.42. The molecule has 5 nitrogen and oxygen atoms in total. The Morgan fingerprint density at radius 2 is 2.24 bits per heavy atom. The lowest BCUT2D eigenvalue weighted by Crippen LogP contribution is -2.32. The Morgan fingerprint density at radius 1 is 1.52 bits per heavy atom. The average molecular weight is 293 g/mol. The second-order valence-electron chi connectivity index (χ2n) is 6.60. The summed E-state index contributed by atoms with van der Waals surface area (Å²) in [5.74, 6) is -0.553. The molecule has 1 aromatic rings. The molecule has 0 bridgehead atoms. The normalized spacial score (nSPS) is 22.0. The summed E-state index contributed by atoms with van der Waals surface area (Å²) in [5, 5.41) is 18.7. The number of phenolic OH excluding ortho intramolecular Hbond substituents is 1. The van der Waals surface area contributed by atoms with Crippen molar-refractivity contribution in [3.63, 3.8) is 0 Å². The van der Waals surface area contributed by atoms with E-state index in [1.165, 1.54) is 6.07 Å². The predicted octanol–water partition coefficient (Wildman–Crippen LogP) is 2.30. The fraction of sp³-hybridized carbons (Fsp3) is 0.562. The Balaban J connectivity index is 2.07. The zero-order valence-electron chi connectivity index (χ0n) is 12.5. The molecule has 2 atom stereocenters. The maximum Gasteiger partial charge on any atom is 0.320 e. The first-order valence-corrected chi connectivity index (χ1v) is 7.24. The van der Waals surface area contributed by atoms with Gasteiger partial charge in [-0.1, -0.05) is 19.9 Å². The molecule has 116 valence electrons. The van der Waals surface area contributed by atoms with Gasteiger partial charge in [0.15, 0.2) is 11.5 Å². The topological polar surface area (TPSA) is 92.8 Å². The van der Waals surface area contributed by atoms with E-state index < -0.39 is 12.0 Å². The van der Waals surface area contributed by atoms with Gasteiger partial charge in [-0.25, -0.2) is 0 Å². The predicted molar refractivity (Wildman–Crippen MR) is 79.5 cm³/mol. The minimum Gasteiger partial charge on any atom is -0.504 e. The standard InChI is InChI=1S/C16H23NO4/c1-16(2)6-5-11(9-16)21-14-8-10(3-4-13(14)18)7-12(17)15(19)20/h3-4,8,11-12,18H,5-7,9,17H2,1-2H3,(H,19,20). The van der Waals surface area contributed by atoms with Crippen LogP contribution in [0.5, 0.6) is 11.5 Å². The number of nitrogens with two attached hydrogens (primary N) is 1. The van der Waals surface area contributed by atoms with Gasteiger partial charge in [0.2, 0.25) is 0 Å². The lowest BCUT2D eigenvalue weighted by Gasteiger charge is -2.19. The van der Waals surface area contributed by atoms with Crippen LogP contribution in [-0.4, -0.2) is 28.3 Å². The van der Waals surface area contributed by atoms with Gasteiger partial charge in [-0.15, -0.1) is 0 Å². The van der Waals surface area contributed by atoms with Crippen LogP contribution in [0.4, 0.5) is 0 Å². The van der Waals surface area contributed by atoms with Crippen LogP contribution in [0, 0.1) is 5.41 Å². The smallest absolute Gasteiger partial charge is 0.320 e. The summed E-state index contributed by atoms with van der Waals surface area (Å²) in [4.78, 5) is 10.8. The molecule has 1 aliphatic rings. The summed E-state index contributed by atoms with van der Waals surface area (Å²) in [6, 6.07) is 3.93. The molecule has 21 heavy (non-hydrogen) atoms. The first-order chi connectivity index (χ1) is 9.77. The fourth-order valence-electron chi connectivity index (χ4n) is 2.77. The zero-order valence-corrected chi connectivity index (χ0v) is 12.5. The van der Waals surface area contributed by atoms with E-state index in [0.717, 1.165) is 24.8 Å². The van der Waals surface area contributed by atoms with Crippen LogP contribution in [0.2, 0.25) is 0 Å². The molecule has 0 radical (unpaired) electrons. The van der Waals surface area contributed by atoms with Crippen LogP contribution >= 0.6 is 0 Å². The van der Waals surface area contributed by atoms with Crippen molar-refractivity contribution in [2.24, 2.45) is 11.1 Å². The van der Waals surface area contributed by atoms with Crippen LogP contribution < -0.4 is 10.5 Å². The van der Waals surface area contributed by atoms with Gasteiger partial charge < -0.3 is 20.7 Å². The number of phenols is 1. The second-order valence-corrected chi connectivity index (χ2v) is 6.60. The van der Waals surface area contributed by atoms with Gasteiger partial charge in [-0.3, -0.25) is 4.79 Å². The van der Waals surface area contributed by atoms with Crippen LogP contribution in [0.1, 0.15) is 38.7 Å². The number of rotatable bonds is 5. The first kappa shape index (κ1) is 15.6. The van der Waals surface area contributed by atoms with Gasteiger partial charge in [0.05, 0.1) is 6.10 Å². The number of benzene rings is 1. The van der Waals surface area contributed by atoms with Crippen LogP contribution in [0.25, 0.3) is 0 Å². The van der Waals surface area contributed by atoms with E-state index in [4.69, 9.17) is 15.6 Å². The van der Waals surface area contributed by atoms with Crippen molar-refractivity contribution in [1.29, 1.82) is 0 Å². The third kappa shape index (κ3) is 4.11. The number of hydrogen-bond acceptors (Lipinski definition) is 4. The molecular weight excluding hydrogens is 270 g/mol. The van der Waals surface area contributed by atoms with Crippen molar-refractivity contribution in [3.05, 3.63) is 23.8 Å². The highest BCUT2D eigenvalue weighted by atomic mass is 16.5. The number of carboxylic acid groups (broad SMARTS) is 1. The summed E-state index contributed by atoms with van der Waals surface area (Å²) in [7, 11) is 0. The van der Waals surface area contributed by atoms with E-state index >= 15 is 0 Å². The molecule has 0 spiro atoms. The Labute approximate surface area is 124 Å². The number of carboxylic acids is 1. The van der Waals surface area contributed by atoms with Gasteiger partial charge in [-0.05, 0) is 48.8 Å². The molecular formula is C16H23NO4. The van der Waals surface area contributed by atoms with Crippen molar-refractivity contribution < 1.29 is 19.7 Å². The zero-order chi connectivity index (χ0) is 15.6. The van der Waals surface area contributed by atoms with Gasteiger partial charge in [0, 0.05) is 0 Å². The number of aliphatic carboxylic acids is 1. The van der Waals surface area contributed by atoms with Crippen molar-refractivity contribution in [3.8, 4) is 11.5 Å². The minimum atomic E-state index is -1.04. The van der Waals surface area contributed by atoms with Crippen molar-refractivity contribution in [2.45, 2.75) is 51.7 Å². The van der Waals surface area contributed by atoms with Gasteiger partial charge >= 0.3 is 5.97 Å². The third-order valence-corrected chi connectivity index (χ3v) is 4.01. The highest BCUT2D eigenvalue weighted by Gasteiger charge is 2.32. The van der Waals surface area contributed by atoms with Crippen LogP contribution in [-0.2, 0) is 11.2 Å². The Bertz CT molecular complexity index is 527. The molecule has 1 aromatic carbocycles. The maximum atomic E-state index is 10.8. The first-order valence-electron chi connectivity index (χ1n) is 7.24. The lowest BCUT2D eigenvalue weighted by molar-refractivity contribution is -0.138. The van der Waals surface area contributed by atoms with Crippen LogP contribution in [0.15, 0.2) is 18.2 Å². The summed E-state index contributed by atoms with van der Waals surface area (Å²) < 4.78 is 5.89. The van der Waals surface area contributed by atoms with E-state index in [0.29, 0.717) is 5.75 Å². The highest BCUT2D eigenvalue weighted by molar-refractivity contribution is 5.73. The molecule has 4 N–H and O–H groups in total. The largest absolute Gasteiger partial charge is 0.504 e. The summed E-state index contributed by atoms with van der Waals surface area (Å²) >= 11 is 0. The third-order valence-electron chi connectivity index (χ3n) is 4.01. The SMILES string of the molecule is CC1(C)CCC(Oc2cc(CC(N)C(=O)O)ccc2O)C1. The van der Waals surface area contributed by atoms with Gasteiger partial charge in [0.25, 0.3) is 0 Å². The average Bonchev–Trinajstić information content (AvgIpc) is 2.72. The quantitative estimate of drug-likeness (QED) is 0.774. The van der Waals surface area contributed by atoms with E-state index in [1.807, 2.05) is 0 Å². The van der Waals surface area contributed by atoms with E-state index in [2.05, 4.69) is 13.8 Å². The summed E-state index contributed by atoms with van der Waals surface area (Å²) in [5.41, 5.74) is 6.55. The molecule has 1 fully saturated rings. The second kappa shape index (κ2) is 5.93. The fourth-order valence-corrected chi connectivity index (χ4v) is 2.77. The summed E-state index contributed by atoms with van der Waals surface area (Å²) in [6.07, 6.45) is 3.31. The molecule has 1 saturated carbocycles. The lowest BCUT2D eigenvalue weighted by atomic mass is 9.92. The van der Waals surface area contributed by atoms with Crippen LogP contribution in [0.3, 0.4) is 0 Å². The molecule has 2 rings (SSSR count). The molecule has 0 heterocycles. The number of hydrogen-bond donors (Lipinski definition) is 3. The van der Waals surface area contributed by atoms with E-state index in [9.17, 15) is 9.90 Å². The summed E-state index contributed by atoms with van der Waals surface area (Å²) in [6.45, 7) is 4.41. The van der Waals surface area contributed by atoms with Crippen molar-refractivity contribution >= 4 is 5.97 Å². The molecule has 2 unspecified atom stereocenters. The number of aromatic hydroxyl groups is 1. The Morgan fingerprint density at radius 3 is 2.81 bits per heavy atom. The monoisotopic (exact) mass is 293 g/mol. The van der Waals surface area contributed by atoms with Crippen molar-refractivity contribution in [2.75, 3.05) is 0 Å². The molecule has 0 aromatic heterocycles. The minimum absolute atomic E-state index is 0.0763.